The van der Waals surface area contributed by atoms with Crippen LogP contribution in [0.1, 0.15) is 73.3 Å². The number of carbonyl (C=O) groups excluding carboxylic acids is 5. The number of ether oxygens (including phenoxy) is 2. The van der Waals surface area contributed by atoms with Gasteiger partial charge in [-0.3, -0.25) is 44.0 Å². The fourth-order valence-corrected chi connectivity index (χ4v) is 7.25. The maximum Gasteiger partial charge on any atom is 0.276 e. The van der Waals surface area contributed by atoms with Gasteiger partial charge in [-0.25, -0.2) is 15.0 Å². The minimum absolute atomic E-state index is 0.00357. The van der Waals surface area contributed by atoms with Gasteiger partial charge in [-0.1, -0.05) is 18.2 Å². The highest BCUT2D eigenvalue weighted by molar-refractivity contribution is 6.05. The Kier molecular flexibility index (Phi) is 16.5. The van der Waals surface area contributed by atoms with Crippen molar-refractivity contribution in [3.05, 3.63) is 94.6 Å². The standard InChI is InChI=1S/C45H57N17O7/c1-6-61-32(19-26(3)57-61)41(66)55-44-53-30-21-28(39(46)64)23-34(68-17-11-8-14-51-36(63)25-52-43(48)49)37(30)59(44)15-9-10-16-60-38-31(22-29(40(47)65)24-35(38)69-18-12-13-50-5)54-45(60)56-42(67)33-20-27(4)58-62(33)7-2/h8-11,19-24,50H,6-7,12-18,25H2,1-5H3,(H2,46,64)(H2,47,65)(H,51,63)(H4,48,49,52)(H,53,55,66)(H,54,56,67)/b10-9+,11-8+. The minimum atomic E-state index is -0.735. The summed E-state index contributed by atoms with van der Waals surface area (Å²) in [6.45, 7) is 9.30. The van der Waals surface area contributed by atoms with Crippen molar-refractivity contribution >= 4 is 69.5 Å². The van der Waals surface area contributed by atoms with Gasteiger partial charge in [0, 0.05) is 43.9 Å². The fourth-order valence-electron chi connectivity index (χ4n) is 7.25. The molecule has 12 N–H and O–H groups in total. The number of allylic oxidation sites excluding steroid dienone is 2. The van der Waals surface area contributed by atoms with Gasteiger partial charge in [-0.15, -0.1) is 0 Å². The highest BCUT2D eigenvalue weighted by Gasteiger charge is 2.24. The Hall–Kier alpha value is -8.54. The Balaban J connectivity index is 1.39. The van der Waals surface area contributed by atoms with E-state index < -0.39 is 29.5 Å². The first-order valence-electron chi connectivity index (χ1n) is 22.0. The molecular weight excluding hydrogens is 891 g/mol. The van der Waals surface area contributed by atoms with Gasteiger partial charge in [0.1, 0.15) is 47.1 Å². The third-order valence-corrected chi connectivity index (χ3v) is 10.4. The number of amides is 5. The fraction of sp³-hybridized carbons (Fsp3) is 0.333. The molecule has 0 unspecified atom stereocenters. The zero-order chi connectivity index (χ0) is 49.8. The van der Waals surface area contributed by atoms with Crippen molar-refractivity contribution in [2.75, 3.05) is 50.5 Å². The molecule has 24 heteroatoms. The van der Waals surface area contributed by atoms with Crippen LogP contribution in [0.2, 0.25) is 0 Å². The highest BCUT2D eigenvalue weighted by Crippen LogP contribution is 2.33. The minimum Gasteiger partial charge on any atom is -0.491 e. The molecule has 0 bridgehead atoms. The number of nitrogens with two attached hydrogens (primary N) is 4. The Morgan fingerprint density at radius 2 is 1.20 bits per heavy atom. The monoisotopic (exact) mass is 947 g/mol. The summed E-state index contributed by atoms with van der Waals surface area (Å²) in [5, 5.41) is 20.4. The average molecular weight is 948 g/mol. The molecule has 4 heterocycles. The maximum absolute atomic E-state index is 13.9. The van der Waals surface area contributed by atoms with Crippen LogP contribution in [0.4, 0.5) is 11.9 Å². The van der Waals surface area contributed by atoms with E-state index in [1.165, 1.54) is 18.2 Å². The number of rotatable bonds is 24. The summed E-state index contributed by atoms with van der Waals surface area (Å²) in [5.74, 6) is -2.14. The van der Waals surface area contributed by atoms with E-state index in [1.807, 2.05) is 33.0 Å². The van der Waals surface area contributed by atoms with Crippen LogP contribution in [-0.2, 0) is 31.0 Å². The zero-order valence-corrected chi connectivity index (χ0v) is 39.0. The normalized spacial score (nSPS) is 11.4. The Bertz CT molecular complexity index is 2970. The summed E-state index contributed by atoms with van der Waals surface area (Å²) < 4.78 is 19.0. The number of aliphatic imine (C=N–C) groups is 1. The van der Waals surface area contributed by atoms with E-state index in [4.69, 9.17) is 42.4 Å². The molecule has 0 atom stereocenters. The largest absolute Gasteiger partial charge is 0.491 e. The molecule has 69 heavy (non-hydrogen) atoms. The first-order valence-corrected chi connectivity index (χ1v) is 22.0. The molecule has 364 valence electrons. The van der Waals surface area contributed by atoms with E-state index >= 15 is 0 Å². The molecule has 0 spiro atoms. The molecule has 4 aromatic heterocycles. The van der Waals surface area contributed by atoms with Gasteiger partial charge >= 0.3 is 0 Å². The summed E-state index contributed by atoms with van der Waals surface area (Å²) in [5.41, 5.74) is 25.9. The number of guanidine groups is 1. The predicted octanol–water partition coefficient (Wildman–Crippen LogP) is 1.71. The third kappa shape index (κ3) is 12.3. The number of aryl methyl sites for hydroxylation is 4. The van der Waals surface area contributed by atoms with Gasteiger partial charge in [0.05, 0.1) is 29.0 Å². The van der Waals surface area contributed by atoms with E-state index in [2.05, 4.69) is 36.5 Å². The van der Waals surface area contributed by atoms with Crippen LogP contribution in [0, 0.1) is 13.8 Å². The quantitative estimate of drug-likeness (QED) is 0.0185. The van der Waals surface area contributed by atoms with Crippen molar-refractivity contribution in [2.24, 2.45) is 27.9 Å². The molecule has 0 aliphatic carbocycles. The van der Waals surface area contributed by atoms with Crippen molar-refractivity contribution in [1.29, 1.82) is 0 Å². The van der Waals surface area contributed by atoms with Gasteiger partial charge in [-0.05, 0) is 90.2 Å². The summed E-state index contributed by atoms with van der Waals surface area (Å²) in [6.07, 6.45) is 7.61. The van der Waals surface area contributed by atoms with Crippen LogP contribution in [0.25, 0.3) is 22.1 Å². The molecule has 0 saturated carbocycles. The van der Waals surface area contributed by atoms with Crippen molar-refractivity contribution in [1.82, 2.24) is 49.3 Å². The molecule has 5 amide bonds. The summed E-state index contributed by atoms with van der Waals surface area (Å²) >= 11 is 0. The highest BCUT2D eigenvalue weighted by atomic mass is 16.5. The number of nitrogens with one attached hydrogen (secondary N) is 4. The molecular formula is C45H57N17O7. The lowest BCUT2D eigenvalue weighted by atomic mass is 10.1. The number of hydrogen-bond acceptors (Lipinski definition) is 13. The number of carbonyl (C=O) groups is 5. The average Bonchev–Trinajstić information content (AvgIpc) is 4.08. The molecule has 6 aromatic rings. The van der Waals surface area contributed by atoms with Crippen molar-refractivity contribution in [2.45, 2.75) is 60.3 Å². The number of nitrogens with zero attached hydrogens (tertiary/aromatic N) is 9. The SMILES string of the molecule is CCn1nc(C)cc1C(=O)Nc1nc2cc(C(N)=O)cc(OC/C=C/CNC(=O)CN=C(N)N)c2n1C/C=C/Cn1c(NC(=O)c2cc(C)nn2CC)nc2cc(C(N)=O)cc(OCCCNC)c21. The van der Waals surface area contributed by atoms with E-state index in [0.29, 0.717) is 83.3 Å². The number of imidazole rings is 2. The number of fused-ring (bicyclic) bond motifs is 2. The second-order valence-corrected chi connectivity index (χ2v) is 15.5. The summed E-state index contributed by atoms with van der Waals surface area (Å²) in [4.78, 5) is 78.0. The van der Waals surface area contributed by atoms with E-state index in [1.54, 1.807) is 62.7 Å². The first kappa shape index (κ1) is 49.9. The third-order valence-electron chi connectivity index (χ3n) is 10.4. The van der Waals surface area contributed by atoms with E-state index in [0.717, 1.165) is 0 Å². The van der Waals surface area contributed by atoms with Gasteiger partial charge in [0.25, 0.3) is 11.8 Å². The van der Waals surface area contributed by atoms with Gasteiger partial charge in [0.15, 0.2) is 5.96 Å². The van der Waals surface area contributed by atoms with Gasteiger partial charge in [0.2, 0.25) is 29.6 Å². The number of anilines is 2. The number of hydrogen-bond donors (Lipinski definition) is 8. The number of benzene rings is 2. The molecule has 6 rings (SSSR count). The molecule has 0 radical (unpaired) electrons. The molecule has 2 aromatic carbocycles. The van der Waals surface area contributed by atoms with E-state index in [-0.39, 0.29) is 67.5 Å². The van der Waals surface area contributed by atoms with Crippen molar-refractivity contribution in [3.63, 3.8) is 0 Å². The molecule has 0 aliphatic heterocycles. The maximum atomic E-state index is 13.9. The first-order chi connectivity index (χ1) is 33.1. The van der Waals surface area contributed by atoms with Crippen LogP contribution >= 0.6 is 0 Å². The summed E-state index contributed by atoms with van der Waals surface area (Å²) in [6, 6.07) is 9.41. The molecule has 0 fully saturated rings. The number of primary amides is 2. The van der Waals surface area contributed by atoms with Crippen LogP contribution in [0.5, 0.6) is 11.5 Å². The molecule has 0 saturated heterocycles. The van der Waals surface area contributed by atoms with Crippen LogP contribution in [0.3, 0.4) is 0 Å². The van der Waals surface area contributed by atoms with Crippen molar-refractivity contribution in [3.8, 4) is 11.5 Å². The van der Waals surface area contributed by atoms with Gasteiger partial charge in [-0.2, -0.15) is 10.2 Å². The topological polar surface area (TPSA) is 340 Å². The summed E-state index contributed by atoms with van der Waals surface area (Å²) in [7, 11) is 1.83. The Labute approximate surface area is 396 Å². The second-order valence-electron chi connectivity index (χ2n) is 15.5. The molecule has 0 aliphatic rings. The van der Waals surface area contributed by atoms with Crippen LogP contribution < -0.4 is 53.7 Å². The van der Waals surface area contributed by atoms with E-state index in [9.17, 15) is 24.0 Å². The van der Waals surface area contributed by atoms with Crippen LogP contribution in [0.15, 0.2) is 65.7 Å². The number of aromatic nitrogens is 8. The molecule has 24 nitrogen and oxygen atoms in total. The second kappa shape index (κ2) is 22.8. The van der Waals surface area contributed by atoms with Crippen molar-refractivity contribution < 1.29 is 33.4 Å². The van der Waals surface area contributed by atoms with Crippen LogP contribution in [-0.4, -0.2) is 114 Å². The Morgan fingerprint density at radius 3 is 1.67 bits per heavy atom. The smallest absolute Gasteiger partial charge is 0.276 e. The zero-order valence-electron chi connectivity index (χ0n) is 39.0. The lowest BCUT2D eigenvalue weighted by molar-refractivity contribution is -0.119. The lowest BCUT2D eigenvalue weighted by Gasteiger charge is -2.13. The predicted molar refractivity (Wildman–Crippen MR) is 259 cm³/mol. The van der Waals surface area contributed by atoms with Gasteiger partial charge < -0.3 is 52.2 Å². The lowest BCUT2D eigenvalue weighted by Crippen LogP contribution is -2.29. The Morgan fingerprint density at radius 1 is 0.696 bits per heavy atom.